The Hall–Kier alpha value is -3.56. The van der Waals surface area contributed by atoms with Crippen molar-refractivity contribution in [3.8, 4) is 11.1 Å². The van der Waals surface area contributed by atoms with Gasteiger partial charge in [-0.1, -0.05) is 18.2 Å². The molecule has 0 aliphatic carbocycles. The van der Waals surface area contributed by atoms with Crippen LogP contribution in [0, 0.1) is 5.82 Å². The molecule has 0 saturated carbocycles. The molecule has 0 bridgehead atoms. The van der Waals surface area contributed by atoms with Crippen molar-refractivity contribution in [2.24, 2.45) is 0 Å². The van der Waals surface area contributed by atoms with E-state index < -0.39 is 5.82 Å². The molecule has 4 heterocycles. The number of nitrogens with zero attached hydrogens (tertiary/aromatic N) is 4. The van der Waals surface area contributed by atoms with Crippen molar-refractivity contribution in [3.05, 3.63) is 65.7 Å². The standard InChI is InChI=1S/C25H24FN5O3/c26-22-18(2-1-3-20(22)27)17-11-28-24(29-12-17)31-13-25(14-34-15-25)19-5-4-16(10-21(19)31)23(32)30-6-8-33-9-7-30/h1-5,10-12H,6-9,13-15,27H2. The topological polar surface area (TPSA) is 93.8 Å². The number of carbonyl (C=O) groups is 1. The number of carbonyl (C=O) groups excluding carboxylic acids is 1. The molecule has 1 aromatic heterocycles. The molecule has 34 heavy (non-hydrogen) atoms. The van der Waals surface area contributed by atoms with E-state index in [1.165, 1.54) is 6.07 Å². The molecule has 8 nitrogen and oxygen atoms in total. The first-order valence-electron chi connectivity index (χ1n) is 11.3. The zero-order valence-electron chi connectivity index (χ0n) is 18.5. The van der Waals surface area contributed by atoms with E-state index in [1.807, 2.05) is 28.0 Å². The van der Waals surface area contributed by atoms with E-state index in [1.54, 1.807) is 24.5 Å². The summed E-state index contributed by atoms with van der Waals surface area (Å²) in [6.45, 7) is 4.16. The molecule has 2 fully saturated rings. The lowest BCUT2D eigenvalue weighted by atomic mass is 9.80. The monoisotopic (exact) mass is 461 g/mol. The first kappa shape index (κ1) is 21.0. The van der Waals surface area contributed by atoms with E-state index in [9.17, 15) is 9.18 Å². The maximum atomic E-state index is 14.5. The van der Waals surface area contributed by atoms with Crippen LogP contribution < -0.4 is 10.6 Å². The van der Waals surface area contributed by atoms with Crippen LogP contribution in [-0.4, -0.2) is 66.8 Å². The average molecular weight is 461 g/mol. The summed E-state index contributed by atoms with van der Waals surface area (Å²) in [6, 6.07) is 10.7. The molecule has 2 aromatic carbocycles. The van der Waals surface area contributed by atoms with Gasteiger partial charge in [-0.25, -0.2) is 14.4 Å². The quantitative estimate of drug-likeness (QED) is 0.600. The van der Waals surface area contributed by atoms with E-state index in [0.29, 0.717) is 68.7 Å². The van der Waals surface area contributed by atoms with Gasteiger partial charge < -0.3 is 25.0 Å². The highest BCUT2D eigenvalue weighted by molar-refractivity contribution is 5.96. The molecule has 1 spiro atoms. The van der Waals surface area contributed by atoms with Crippen molar-refractivity contribution in [2.75, 3.05) is 56.7 Å². The number of rotatable bonds is 3. The number of anilines is 3. The molecule has 3 aromatic rings. The van der Waals surface area contributed by atoms with Crippen molar-refractivity contribution < 1.29 is 18.7 Å². The molecule has 0 unspecified atom stereocenters. The average Bonchev–Trinajstić information content (AvgIpc) is 3.21. The number of benzene rings is 2. The van der Waals surface area contributed by atoms with Crippen LogP contribution in [0.3, 0.4) is 0 Å². The largest absolute Gasteiger partial charge is 0.396 e. The van der Waals surface area contributed by atoms with Crippen LogP contribution in [0.4, 0.5) is 21.7 Å². The maximum absolute atomic E-state index is 14.5. The SMILES string of the molecule is Nc1cccc(-c2cnc(N3CC4(COC4)c4ccc(C(=O)N5CCOCC5)cc43)nc2)c1F. The van der Waals surface area contributed by atoms with Gasteiger partial charge in [-0.3, -0.25) is 4.79 Å². The van der Waals surface area contributed by atoms with E-state index in [4.69, 9.17) is 15.2 Å². The zero-order chi connectivity index (χ0) is 23.3. The molecule has 9 heteroatoms. The van der Waals surface area contributed by atoms with Crippen LogP contribution in [0.2, 0.25) is 0 Å². The number of morpholine rings is 1. The molecule has 1 amide bonds. The van der Waals surface area contributed by atoms with Gasteiger partial charge >= 0.3 is 0 Å². The Labute approximate surface area is 196 Å². The summed E-state index contributed by atoms with van der Waals surface area (Å²) in [6.07, 6.45) is 3.20. The highest BCUT2D eigenvalue weighted by Crippen LogP contribution is 2.48. The van der Waals surface area contributed by atoms with Gasteiger partial charge in [-0.05, 0) is 23.8 Å². The number of ether oxygens (including phenoxy) is 2. The second-order valence-electron chi connectivity index (χ2n) is 8.98. The Balaban J connectivity index is 1.34. The minimum Gasteiger partial charge on any atom is -0.396 e. The third kappa shape index (κ3) is 3.31. The van der Waals surface area contributed by atoms with Crippen molar-refractivity contribution in [1.82, 2.24) is 14.9 Å². The number of nitrogens with two attached hydrogens (primary N) is 1. The van der Waals surface area contributed by atoms with Gasteiger partial charge in [-0.15, -0.1) is 0 Å². The van der Waals surface area contributed by atoms with Crippen LogP contribution in [0.5, 0.6) is 0 Å². The van der Waals surface area contributed by atoms with Crippen molar-refractivity contribution >= 4 is 23.2 Å². The van der Waals surface area contributed by atoms with Crippen LogP contribution >= 0.6 is 0 Å². The predicted octanol–water partition coefficient (Wildman–Crippen LogP) is 2.76. The van der Waals surface area contributed by atoms with Gasteiger partial charge in [0, 0.05) is 54.4 Å². The van der Waals surface area contributed by atoms with Gasteiger partial charge in [0.25, 0.3) is 5.91 Å². The van der Waals surface area contributed by atoms with Crippen LogP contribution in [0.25, 0.3) is 11.1 Å². The third-order valence-electron chi connectivity index (χ3n) is 6.84. The number of fused-ring (bicyclic) bond motifs is 2. The molecule has 0 radical (unpaired) electrons. The molecule has 3 aliphatic heterocycles. The predicted molar refractivity (Wildman–Crippen MR) is 125 cm³/mol. The minimum absolute atomic E-state index is 0.00901. The summed E-state index contributed by atoms with van der Waals surface area (Å²) >= 11 is 0. The van der Waals surface area contributed by atoms with E-state index in [0.717, 1.165) is 11.3 Å². The van der Waals surface area contributed by atoms with Gasteiger partial charge in [0.15, 0.2) is 5.82 Å². The number of aromatic nitrogens is 2. The highest BCUT2D eigenvalue weighted by Gasteiger charge is 2.49. The summed E-state index contributed by atoms with van der Waals surface area (Å²) in [4.78, 5) is 26.0. The Morgan fingerprint density at radius 1 is 1.06 bits per heavy atom. The molecule has 0 atom stereocenters. The second kappa shape index (κ2) is 8.03. The number of nitrogen functional groups attached to an aromatic ring is 1. The lowest BCUT2D eigenvalue weighted by Crippen LogP contribution is -2.49. The lowest BCUT2D eigenvalue weighted by molar-refractivity contribution is -0.0507. The lowest BCUT2D eigenvalue weighted by Gasteiger charge is -2.38. The number of hydrogen-bond acceptors (Lipinski definition) is 7. The molecular formula is C25H24FN5O3. The van der Waals surface area contributed by atoms with Crippen LogP contribution in [-0.2, 0) is 14.9 Å². The summed E-state index contributed by atoms with van der Waals surface area (Å²) in [7, 11) is 0. The van der Waals surface area contributed by atoms with Crippen LogP contribution in [0.1, 0.15) is 15.9 Å². The molecule has 6 rings (SSSR count). The van der Waals surface area contributed by atoms with Crippen LogP contribution in [0.15, 0.2) is 48.8 Å². The maximum Gasteiger partial charge on any atom is 0.254 e. The number of halogens is 1. The number of amides is 1. The minimum atomic E-state index is -0.484. The Kier molecular flexibility index (Phi) is 4.96. The fourth-order valence-electron chi connectivity index (χ4n) is 4.90. The summed E-state index contributed by atoms with van der Waals surface area (Å²) in [5.41, 5.74) is 9.22. The van der Waals surface area contributed by atoms with Crippen molar-refractivity contribution in [2.45, 2.75) is 5.41 Å². The van der Waals surface area contributed by atoms with Gasteiger partial charge in [0.05, 0.1) is 37.5 Å². The summed E-state index contributed by atoms with van der Waals surface area (Å²) in [5.74, 6) is 0.00142. The Morgan fingerprint density at radius 2 is 1.82 bits per heavy atom. The highest BCUT2D eigenvalue weighted by atomic mass is 19.1. The van der Waals surface area contributed by atoms with E-state index in [2.05, 4.69) is 9.97 Å². The Bertz CT molecular complexity index is 1260. The van der Waals surface area contributed by atoms with Gasteiger partial charge in [0.1, 0.15) is 0 Å². The van der Waals surface area contributed by atoms with E-state index >= 15 is 0 Å². The molecule has 2 N–H and O–H groups in total. The smallest absolute Gasteiger partial charge is 0.254 e. The third-order valence-corrected chi connectivity index (χ3v) is 6.84. The first-order chi connectivity index (χ1) is 16.6. The molecule has 3 aliphatic rings. The van der Waals surface area contributed by atoms with Gasteiger partial charge in [-0.2, -0.15) is 0 Å². The van der Waals surface area contributed by atoms with Crippen molar-refractivity contribution in [3.63, 3.8) is 0 Å². The van der Waals surface area contributed by atoms with Crippen molar-refractivity contribution in [1.29, 1.82) is 0 Å². The van der Waals surface area contributed by atoms with E-state index in [-0.39, 0.29) is 17.0 Å². The second-order valence-corrected chi connectivity index (χ2v) is 8.98. The number of hydrogen-bond donors (Lipinski definition) is 1. The summed E-state index contributed by atoms with van der Waals surface area (Å²) < 4.78 is 25.4. The van der Waals surface area contributed by atoms with Gasteiger partial charge in [0.2, 0.25) is 5.95 Å². The summed E-state index contributed by atoms with van der Waals surface area (Å²) in [5, 5.41) is 0. The molecule has 174 valence electrons. The molecule has 2 saturated heterocycles. The molecular weight excluding hydrogens is 437 g/mol. The Morgan fingerprint density at radius 3 is 2.53 bits per heavy atom. The zero-order valence-corrected chi connectivity index (χ0v) is 18.5. The fraction of sp³-hybridized carbons (Fsp3) is 0.320. The normalized spacial score (nSPS) is 18.6. The first-order valence-corrected chi connectivity index (χ1v) is 11.3. The fourth-order valence-corrected chi connectivity index (χ4v) is 4.90.